The fourth-order valence-electron chi connectivity index (χ4n) is 1.08. The molecule has 0 fully saturated rings. The van der Waals surface area contributed by atoms with Gasteiger partial charge in [-0.05, 0) is 11.0 Å². The second-order valence-electron chi connectivity index (χ2n) is 2.46. The molecule has 0 aromatic heterocycles. The lowest BCUT2D eigenvalue weighted by molar-refractivity contribution is 0.889. The first-order chi connectivity index (χ1) is 6.29. The standard InChI is InChI=1S/C10H12S.C2H6/c1-4-9-8(3)6-7-11-10(9)5-2;1-2/h4-8H,1-2H2,3H3;1-2H3. The lowest BCUT2D eigenvalue weighted by Crippen LogP contribution is -1.97. The first-order valence-corrected chi connectivity index (χ1v) is 5.50. The van der Waals surface area contributed by atoms with Gasteiger partial charge in [0.05, 0.1) is 0 Å². The fraction of sp³-hybridized carbons (Fsp3) is 0.333. The highest BCUT2D eigenvalue weighted by molar-refractivity contribution is 8.06. The Bertz CT molecular complexity index is 234. The molecule has 0 N–H and O–H groups in total. The quantitative estimate of drug-likeness (QED) is 0.622. The minimum atomic E-state index is 0.488. The number of thioether (sulfide) groups is 1. The van der Waals surface area contributed by atoms with E-state index in [0.717, 1.165) is 0 Å². The maximum absolute atomic E-state index is 3.78. The summed E-state index contributed by atoms with van der Waals surface area (Å²) in [4.78, 5) is 1.23. The SMILES string of the molecule is C=CC1=C(C=C)C(C)C=CS1.CC. The van der Waals surface area contributed by atoms with E-state index in [2.05, 4.69) is 31.6 Å². The van der Waals surface area contributed by atoms with E-state index in [1.807, 2.05) is 26.0 Å². The van der Waals surface area contributed by atoms with Crippen LogP contribution in [0.25, 0.3) is 0 Å². The molecule has 0 saturated heterocycles. The summed E-state index contributed by atoms with van der Waals surface area (Å²) in [7, 11) is 0. The maximum atomic E-state index is 3.78. The van der Waals surface area contributed by atoms with Gasteiger partial charge in [-0.25, -0.2) is 0 Å². The Labute approximate surface area is 86.1 Å². The first-order valence-electron chi connectivity index (χ1n) is 4.62. The van der Waals surface area contributed by atoms with Crippen molar-refractivity contribution in [1.82, 2.24) is 0 Å². The van der Waals surface area contributed by atoms with Crippen molar-refractivity contribution in [2.24, 2.45) is 5.92 Å². The highest BCUT2D eigenvalue weighted by atomic mass is 32.2. The topological polar surface area (TPSA) is 0 Å². The van der Waals surface area contributed by atoms with E-state index in [0.29, 0.717) is 5.92 Å². The lowest BCUT2D eigenvalue weighted by atomic mass is 10.0. The lowest BCUT2D eigenvalue weighted by Gasteiger charge is -2.15. The molecule has 1 aliphatic rings. The number of rotatable bonds is 2. The molecule has 1 heterocycles. The molecule has 1 unspecified atom stereocenters. The smallest absolute Gasteiger partial charge is 0.0148 e. The summed E-state index contributed by atoms with van der Waals surface area (Å²) in [6, 6.07) is 0. The minimum Gasteiger partial charge on any atom is -0.0987 e. The molecule has 1 rings (SSSR count). The van der Waals surface area contributed by atoms with Gasteiger partial charge in [-0.2, -0.15) is 0 Å². The Balaban J connectivity index is 0.000000671. The van der Waals surface area contributed by atoms with Crippen LogP contribution < -0.4 is 0 Å². The molecule has 0 amide bonds. The molecule has 1 heteroatoms. The van der Waals surface area contributed by atoms with Crippen molar-refractivity contribution in [3.05, 3.63) is 47.3 Å². The van der Waals surface area contributed by atoms with Crippen molar-refractivity contribution < 1.29 is 0 Å². The Morgan fingerprint density at radius 3 is 2.31 bits per heavy atom. The van der Waals surface area contributed by atoms with Gasteiger partial charge in [0, 0.05) is 10.8 Å². The van der Waals surface area contributed by atoms with Crippen molar-refractivity contribution in [3.8, 4) is 0 Å². The molecule has 1 atom stereocenters. The monoisotopic (exact) mass is 194 g/mol. The second kappa shape index (κ2) is 6.79. The van der Waals surface area contributed by atoms with Gasteiger partial charge >= 0.3 is 0 Å². The van der Waals surface area contributed by atoms with Gasteiger partial charge < -0.3 is 0 Å². The summed E-state index contributed by atoms with van der Waals surface area (Å²) in [5.74, 6) is 0.488. The van der Waals surface area contributed by atoms with Gasteiger partial charge in [-0.1, -0.05) is 63.9 Å². The van der Waals surface area contributed by atoms with Crippen molar-refractivity contribution in [1.29, 1.82) is 0 Å². The molecule has 72 valence electrons. The Morgan fingerprint density at radius 1 is 1.31 bits per heavy atom. The van der Waals surface area contributed by atoms with E-state index in [4.69, 9.17) is 0 Å². The summed E-state index contributed by atoms with van der Waals surface area (Å²) in [6.07, 6.45) is 5.98. The van der Waals surface area contributed by atoms with Crippen molar-refractivity contribution in [3.63, 3.8) is 0 Å². The zero-order valence-corrected chi connectivity index (χ0v) is 9.53. The normalized spacial score (nSPS) is 20.4. The zero-order valence-electron chi connectivity index (χ0n) is 8.71. The number of hydrogen-bond donors (Lipinski definition) is 0. The summed E-state index contributed by atoms with van der Waals surface area (Å²) in [5.41, 5.74) is 1.28. The minimum absolute atomic E-state index is 0.488. The molecule has 0 nitrogen and oxygen atoms in total. The molecule has 0 aliphatic carbocycles. The van der Waals surface area contributed by atoms with Gasteiger partial charge in [0.15, 0.2) is 0 Å². The third-order valence-corrected chi connectivity index (χ3v) is 2.69. The highest BCUT2D eigenvalue weighted by Gasteiger charge is 2.10. The molecule has 0 bridgehead atoms. The predicted molar refractivity (Wildman–Crippen MR) is 64.7 cm³/mol. The Hall–Kier alpha value is -0.690. The summed E-state index contributed by atoms with van der Waals surface area (Å²) < 4.78 is 0. The highest BCUT2D eigenvalue weighted by Crippen LogP contribution is 2.32. The van der Waals surface area contributed by atoms with Crippen LogP contribution in [0.2, 0.25) is 0 Å². The van der Waals surface area contributed by atoms with Crippen LogP contribution in [0.3, 0.4) is 0 Å². The maximum Gasteiger partial charge on any atom is 0.0148 e. The summed E-state index contributed by atoms with van der Waals surface area (Å²) in [6.45, 7) is 13.7. The molecule has 0 spiro atoms. The molecule has 0 aromatic rings. The van der Waals surface area contributed by atoms with Crippen LogP contribution in [0.4, 0.5) is 0 Å². The van der Waals surface area contributed by atoms with Crippen LogP contribution in [0.5, 0.6) is 0 Å². The molecular formula is C12H18S. The van der Waals surface area contributed by atoms with Crippen LogP contribution in [0, 0.1) is 5.92 Å². The van der Waals surface area contributed by atoms with Crippen LogP contribution in [-0.4, -0.2) is 0 Å². The van der Waals surface area contributed by atoms with Gasteiger partial charge in [0.2, 0.25) is 0 Å². The first kappa shape index (κ1) is 12.3. The van der Waals surface area contributed by atoms with Crippen LogP contribution in [0.15, 0.2) is 47.3 Å². The molecule has 0 aromatic carbocycles. The van der Waals surface area contributed by atoms with E-state index in [1.54, 1.807) is 11.8 Å². The van der Waals surface area contributed by atoms with E-state index in [-0.39, 0.29) is 0 Å². The van der Waals surface area contributed by atoms with Gasteiger partial charge in [0.1, 0.15) is 0 Å². The van der Waals surface area contributed by atoms with E-state index in [1.165, 1.54) is 10.5 Å². The van der Waals surface area contributed by atoms with E-state index >= 15 is 0 Å². The average molecular weight is 194 g/mol. The van der Waals surface area contributed by atoms with Gasteiger partial charge in [-0.15, -0.1) is 0 Å². The van der Waals surface area contributed by atoms with Crippen molar-refractivity contribution >= 4 is 11.8 Å². The number of allylic oxidation sites excluding steroid dienone is 4. The van der Waals surface area contributed by atoms with Gasteiger partial charge in [-0.3, -0.25) is 0 Å². The molecular weight excluding hydrogens is 176 g/mol. The third-order valence-electron chi connectivity index (χ3n) is 1.74. The van der Waals surface area contributed by atoms with E-state index < -0.39 is 0 Å². The van der Waals surface area contributed by atoms with Gasteiger partial charge in [0.25, 0.3) is 0 Å². The Kier molecular flexibility index (Phi) is 6.43. The summed E-state index contributed by atoms with van der Waals surface area (Å²) in [5, 5.41) is 2.11. The van der Waals surface area contributed by atoms with E-state index in [9.17, 15) is 0 Å². The van der Waals surface area contributed by atoms with Crippen LogP contribution in [0.1, 0.15) is 20.8 Å². The van der Waals surface area contributed by atoms with Crippen molar-refractivity contribution in [2.45, 2.75) is 20.8 Å². The third kappa shape index (κ3) is 3.27. The molecule has 1 aliphatic heterocycles. The van der Waals surface area contributed by atoms with Crippen LogP contribution in [-0.2, 0) is 0 Å². The zero-order chi connectivity index (χ0) is 10.3. The average Bonchev–Trinajstić information content (AvgIpc) is 2.20. The number of hydrogen-bond acceptors (Lipinski definition) is 1. The largest absolute Gasteiger partial charge is 0.0987 e. The second-order valence-corrected chi connectivity index (χ2v) is 3.41. The van der Waals surface area contributed by atoms with Crippen LogP contribution >= 0.6 is 11.8 Å². The van der Waals surface area contributed by atoms with Crippen molar-refractivity contribution in [2.75, 3.05) is 0 Å². The predicted octanol–water partition coefficient (Wildman–Crippen LogP) is 4.54. The Morgan fingerprint density at radius 2 is 1.92 bits per heavy atom. The summed E-state index contributed by atoms with van der Waals surface area (Å²) >= 11 is 1.71. The molecule has 0 radical (unpaired) electrons. The molecule has 0 saturated carbocycles. The molecule has 13 heavy (non-hydrogen) atoms. The fourth-order valence-corrected chi connectivity index (χ4v) is 2.04.